The molecule has 0 heterocycles. The molecule has 0 bridgehead atoms. The highest BCUT2D eigenvalue weighted by atomic mass is 35.5. The van der Waals surface area contributed by atoms with Crippen molar-refractivity contribution < 1.29 is 8.42 Å². The molecular weight excluding hydrogens is 459 g/mol. The van der Waals surface area contributed by atoms with Crippen LogP contribution in [0.2, 0.25) is 10.0 Å². The van der Waals surface area contributed by atoms with Crippen molar-refractivity contribution in [1.82, 2.24) is 9.44 Å². The Morgan fingerprint density at radius 1 is 0.700 bits per heavy atom. The number of nitrogens with one attached hydrogen (secondary N) is 2. The van der Waals surface area contributed by atoms with Crippen LogP contribution in [0.5, 0.6) is 0 Å². The van der Waals surface area contributed by atoms with Gasteiger partial charge >= 0.3 is 0 Å². The Morgan fingerprint density at radius 2 is 1.03 bits per heavy atom. The first kappa shape index (κ1) is 23.9. The van der Waals surface area contributed by atoms with Gasteiger partial charge in [0.05, 0.1) is 43.5 Å². The summed E-state index contributed by atoms with van der Waals surface area (Å²) in [6.45, 7) is 11.5. The molecule has 0 spiro atoms. The summed E-state index contributed by atoms with van der Waals surface area (Å²) in [4.78, 5) is 0. The van der Waals surface area contributed by atoms with Crippen molar-refractivity contribution in [2.45, 2.75) is 63.1 Å². The van der Waals surface area contributed by atoms with E-state index in [2.05, 4.69) is 9.44 Å². The van der Waals surface area contributed by atoms with Crippen molar-refractivity contribution in [2.24, 2.45) is 0 Å². The van der Waals surface area contributed by atoms with Crippen molar-refractivity contribution in [3.05, 3.63) is 57.6 Å². The first-order chi connectivity index (χ1) is 13.8. The van der Waals surface area contributed by atoms with Gasteiger partial charge in [0.25, 0.3) is 0 Å². The molecule has 2 aromatic rings. The normalized spacial score (nSPS) is 20.9. The van der Waals surface area contributed by atoms with E-state index in [0.717, 1.165) is 22.3 Å². The summed E-state index contributed by atoms with van der Waals surface area (Å²) >= 11 is 12.6. The third kappa shape index (κ3) is 5.00. The largest absolute Gasteiger partial charge is 0.242 e. The van der Waals surface area contributed by atoms with Crippen LogP contribution in [-0.4, -0.2) is 17.9 Å². The van der Waals surface area contributed by atoms with Crippen molar-refractivity contribution >= 4 is 45.2 Å². The lowest BCUT2D eigenvalue weighted by Crippen LogP contribution is -2.45. The van der Waals surface area contributed by atoms with Gasteiger partial charge in [-0.05, 0) is 88.1 Å². The van der Waals surface area contributed by atoms with Crippen LogP contribution in [-0.2, 0) is 22.0 Å². The summed E-state index contributed by atoms with van der Waals surface area (Å²) in [7, 11) is -2.67. The Labute approximate surface area is 194 Å². The van der Waals surface area contributed by atoms with Gasteiger partial charge in [0, 0.05) is 10.0 Å². The molecule has 4 atom stereocenters. The Morgan fingerprint density at radius 3 is 1.33 bits per heavy atom. The van der Waals surface area contributed by atoms with Gasteiger partial charge in [-0.15, -0.1) is 0 Å². The zero-order chi connectivity index (χ0) is 22.4. The highest BCUT2D eigenvalue weighted by Gasteiger charge is 2.38. The van der Waals surface area contributed by atoms with Gasteiger partial charge in [-0.3, -0.25) is 0 Å². The molecule has 1 aliphatic rings. The lowest BCUT2D eigenvalue weighted by Gasteiger charge is -2.38. The summed E-state index contributed by atoms with van der Waals surface area (Å²) < 4.78 is 31.8. The third-order valence-electron chi connectivity index (χ3n) is 4.90. The number of halogens is 2. The molecule has 30 heavy (non-hydrogen) atoms. The van der Waals surface area contributed by atoms with Crippen LogP contribution < -0.4 is 9.44 Å². The van der Waals surface area contributed by atoms with E-state index < -0.39 is 31.5 Å². The number of hydrogen-bond donors (Lipinski definition) is 2. The van der Waals surface area contributed by atoms with E-state index in [4.69, 9.17) is 23.2 Å². The van der Waals surface area contributed by atoms with Gasteiger partial charge in [-0.25, -0.2) is 17.9 Å². The predicted molar refractivity (Wildman–Crippen MR) is 129 cm³/mol. The van der Waals surface area contributed by atoms with Gasteiger partial charge in [0.1, 0.15) is 0 Å². The van der Waals surface area contributed by atoms with Crippen molar-refractivity contribution in [2.75, 3.05) is 0 Å². The fraction of sp³-hybridized carbons (Fsp3) is 0.455. The molecular formula is C22H28Cl2N2O2S2. The second kappa shape index (κ2) is 8.64. The van der Waals surface area contributed by atoms with Gasteiger partial charge < -0.3 is 0 Å². The summed E-state index contributed by atoms with van der Waals surface area (Å²) in [5.41, 5.74) is 3.75. The Hall–Kier alpha value is -0.760. The Balaban J connectivity index is 2.19. The number of rotatable bonds is 4. The molecule has 8 heteroatoms. The maximum Gasteiger partial charge on any atom is 0.0976 e. The lowest BCUT2D eigenvalue weighted by atomic mass is 9.80. The molecule has 0 aliphatic heterocycles. The molecule has 4 unspecified atom stereocenters. The molecule has 2 N–H and O–H groups in total. The fourth-order valence-electron chi connectivity index (χ4n) is 3.27. The number of benzene rings is 2. The van der Waals surface area contributed by atoms with Crippen molar-refractivity contribution in [3.63, 3.8) is 0 Å². The third-order valence-corrected chi connectivity index (χ3v) is 8.54. The summed E-state index contributed by atoms with van der Waals surface area (Å²) in [5.74, 6) is 0. The number of hydrogen-bond acceptors (Lipinski definition) is 2. The minimum Gasteiger partial charge on any atom is -0.242 e. The van der Waals surface area contributed by atoms with Crippen molar-refractivity contribution in [1.29, 1.82) is 0 Å². The monoisotopic (exact) mass is 486 g/mol. The second-order valence-electron chi connectivity index (χ2n) is 9.42. The molecule has 0 saturated heterocycles. The standard InChI is InChI=1S/C22H28Cl2N2O2S2/c1-21(2,3)29(27)25-19-15-9-7-13(23)11-17(15)18-12-14(24)8-10-16(18)20(19)26-30(28)22(4,5)6/h7-12,19-20,25-26H,1-6H3. The zero-order valence-electron chi connectivity index (χ0n) is 18.0. The van der Waals surface area contributed by atoms with Gasteiger partial charge in [0.15, 0.2) is 0 Å². The lowest BCUT2D eigenvalue weighted by molar-refractivity contribution is 0.481. The molecule has 1 aliphatic carbocycles. The smallest absolute Gasteiger partial charge is 0.0976 e. The van der Waals surface area contributed by atoms with E-state index >= 15 is 0 Å². The highest BCUT2D eigenvalue weighted by molar-refractivity contribution is 7.84. The molecule has 164 valence electrons. The average molecular weight is 488 g/mol. The van der Waals surface area contributed by atoms with Crippen LogP contribution in [0.1, 0.15) is 64.8 Å². The maximum absolute atomic E-state index is 13.1. The minimum absolute atomic E-state index is 0.364. The van der Waals surface area contributed by atoms with Crippen LogP contribution in [0.15, 0.2) is 36.4 Å². The van der Waals surface area contributed by atoms with E-state index in [-0.39, 0.29) is 12.1 Å². The van der Waals surface area contributed by atoms with Crippen LogP contribution in [0.4, 0.5) is 0 Å². The van der Waals surface area contributed by atoms with Gasteiger partial charge in [-0.2, -0.15) is 0 Å². The number of fused-ring (bicyclic) bond motifs is 3. The van der Waals surface area contributed by atoms with Crippen molar-refractivity contribution in [3.8, 4) is 11.1 Å². The molecule has 4 nitrogen and oxygen atoms in total. The van der Waals surface area contributed by atoms with E-state index in [9.17, 15) is 8.42 Å². The summed E-state index contributed by atoms with van der Waals surface area (Å²) in [6, 6.07) is 10.6. The zero-order valence-corrected chi connectivity index (χ0v) is 21.2. The average Bonchev–Trinajstić information content (AvgIpc) is 2.62. The summed E-state index contributed by atoms with van der Waals surface area (Å²) in [6.07, 6.45) is 0. The first-order valence-electron chi connectivity index (χ1n) is 9.74. The topological polar surface area (TPSA) is 58.2 Å². The van der Waals surface area contributed by atoms with Crippen LogP contribution in [0.3, 0.4) is 0 Å². The summed E-state index contributed by atoms with van der Waals surface area (Å²) in [5, 5.41) is 1.22. The van der Waals surface area contributed by atoms with Crippen LogP contribution in [0.25, 0.3) is 11.1 Å². The fourth-order valence-corrected chi connectivity index (χ4v) is 5.31. The minimum atomic E-state index is -1.33. The highest BCUT2D eigenvalue weighted by Crippen LogP contribution is 2.47. The quantitative estimate of drug-likeness (QED) is 0.568. The van der Waals surface area contributed by atoms with E-state index in [1.165, 1.54) is 0 Å². The molecule has 0 amide bonds. The Kier molecular flexibility index (Phi) is 6.88. The van der Waals surface area contributed by atoms with E-state index in [1.54, 1.807) is 0 Å². The van der Waals surface area contributed by atoms with E-state index in [1.807, 2.05) is 77.9 Å². The molecule has 0 aromatic heterocycles. The van der Waals surface area contributed by atoms with Crippen LogP contribution in [0, 0.1) is 0 Å². The van der Waals surface area contributed by atoms with Gasteiger partial charge in [0.2, 0.25) is 0 Å². The first-order valence-corrected chi connectivity index (χ1v) is 12.8. The molecule has 3 rings (SSSR count). The molecule has 0 saturated carbocycles. The second-order valence-corrected chi connectivity index (χ2v) is 14.3. The molecule has 0 radical (unpaired) electrons. The maximum atomic E-state index is 13.1. The predicted octanol–water partition coefficient (Wildman–Crippen LogP) is 5.86. The molecule has 2 aromatic carbocycles. The molecule has 0 fully saturated rings. The van der Waals surface area contributed by atoms with Gasteiger partial charge in [-0.1, -0.05) is 35.3 Å². The van der Waals surface area contributed by atoms with E-state index in [0.29, 0.717) is 10.0 Å². The SMILES string of the molecule is CC(C)(C)S(=O)NC1c2ccc(Cl)cc2-c2cc(Cl)ccc2C1NS(=O)C(C)(C)C. The Bertz CT molecular complexity index is 932. The van der Waals surface area contributed by atoms with Crippen LogP contribution >= 0.6 is 23.2 Å².